The molecular weight excluding hydrogens is 346 g/mol. The number of phenols is 1. The lowest BCUT2D eigenvalue weighted by Crippen LogP contribution is -2.31. The van der Waals surface area contributed by atoms with Gasteiger partial charge in [-0.15, -0.1) is 0 Å². The number of rotatable bonds is 1. The third kappa shape index (κ3) is 1.93. The Labute approximate surface area is 134 Å². The van der Waals surface area contributed by atoms with Gasteiger partial charge in [-0.1, -0.05) is 28.1 Å². The van der Waals surface area contributed by atoms with E-state index in [-0.39, 0.29) is 11.7 Å². The van der Waals surface area contributed by atoms with Crippen LogP contribution in [-0.4, -0.2) is 20.6 Å². The monoisotopic (exact) mass is 357 g/mol. The van der Waals surface area contributed by atoms with Gasteiger partial charge in [-0.05, 0) is 30.3 Å². The summed E-state index contributed by atoms with van der Waals surface area (Å²) in [6.45, 7) is 0. The number of aromatic nitrogens is 2. The molecule has 1 atom stereocenters. The molecule has 4 N–H and O–H groups in total. The Bertz CT molecular complexity index is 917. The molecular formula is C15H12BrN5O. The second-order valence-electron chi connectivity index (χ2n) is 5.01. The molecule has 22 heavy (non-hydrogen) atoms. The predicted octanol–water partition coefficient (Wildman–Crippen LogP) is 2.79. The van der Waals surface area contributed by atoms with Gasteiger partial charge >= 0.3 is 0 Å². The zero-order chi connectivity index (χ0) is 15.3. The summed E-state index contributed by atoms with van der Waals surface area (Å²) in [4.78, 5) is 8.97. The molecule has 1 aromatic heterocycles. The number of nitrogens with two attached hydrogens (primary N) is 1. The minimum Gasteiger partial charge on any atom is -0.508 e. The lowest BCUT2D eigenvalue weighted by Gasteiger charge is -2.24. The number of benzene rings is 2. The maximum absolute atomic E-state index is 10.2. The minimum absolute atomic E-state index is 0.162. The van der Waals surface area contributed by atoms with Gasteiger partial charge in [0.2, 0.25) is 5.95 Å². The summed E-state index contributed by atoms with van der Waals surface area (Å²) < 4.78 is 2.78. The van der Waals surface area contributed by atoms with Gasteiger partial charge in [0.15, 0.2) is 12.1 Å². The summed E-state index contributed by atoms with van der Waals surface area (Å²) in [7, 11) is 0. The number of nitrogens with zero attached hydrogens (tertiary/aromatic N) is 3. The van der Waals surface area contributed by atoms with Gasteiger partial charge in [0.05, 0.1) is 11.0 Å². The van der Waals surface area contributed by atoms with Crippen molar-refractivity contribution in [3.63, 3.8) is 0 Å². The fourth-order valence-corrected chi connectivity index (χ4v) is 3.04. The van der Waals surface area contributed by atoms with Crippen molar-refractivity contribution >= 4 is 38.9 Å². The largest absolute Gasteiger partial charge is 0.508 e. The van der Waals surface area contributed by atoms with E-state index in [4.69, 9.17) is 5.73 Å². The molecule has 4 rings (SSSR count). The molecule has 0 unspecified atom stereocenters. The molecule has 0 amide bonds. The van der Waals surface area contributed by atoms with E-state index >= 15 is 0 Å². The van der Waals surface area contributed by atoms with Crippen LogP contribution in [0.15, 0.2) is 51.9 Å². The molecule has 0 saturated heterocycles. The first-order valence-corrected chi connectivity index (χ1v) is 7.48. The summed E-state index contributed by atoms with van der Waals surface area (Å²) in [6.07, 6.45) is -0.471. The highest BCUT2D eigenvalue weighted by Crippen LogP contribution is 2.36. The van der Waals surface area contributed by atoms with E-state index in [0.29, 0.717) is 11.5 Å². The topological polar surface area (TPSA) is 88.5 Å². The number of nitrogens with one attached hydrogen (secondary N) is 1. The Balaban J connectivity index is 2.00. The number of hydrogen-bond acceptors (Lipinski definition) is 5. The average molecular weight is 358 g/mol. The Morgan fingerprint density at radius 1 is 1.23 bits per heavy atom. The maximum atomic E-state index is 10.2. The number of para-hydroxylation sites is 2. The van der Waals surface area contributed by atoms with E-state index in [1.807, 2.05) is 34.9 Å². The second kappa shape index (κ2) is 4.74. The van der Waals surface area contributed by atoms with E-state index in [2.05, 4.69) is 31.2 Å². The molecule has 7 heteroatoms. The number of guanidine groups is 1. The SMILES string of the molecule is NC1=N[C@H](c2cc(Br)ccc2O)n2c(nc3ccccc32)N1. The van der Waals surface area contributed by atoms with E-state index < -0.39 is 6.17 Å². The Hall–Kier alpha value is -2.54. The normalized spacial score (nSPS) is 17.0. The summed E-state index contributed by atoms with van der Waals surface area (Å²) in [6, 6.07) is 13.0. The van der Waals surface area contributed by atoms with E-state index in [0.717, 1.165) is 15.5 Å². The average Bonchev–Trinajstić information content (AvgIpc) is 2.87. The molecule has 2 aromatic carbocycles. The summed E-state index contributed by atoms with van der Waals surface area (Å²) in [5.74, 6) is 1.04. The smallest absolute Gasteiger partial charge is 0.212 e. The molecule has 3 aromatic rings. The number of hydrogen-bond donors (Lipinski definition) is 3. The summed E-state index contributed by atoms with van der Waals surface area (Å²) >= 11 is 3.43. The number of aromatic hydroxyl groups is 1. The first kappa shape index (κ1) is 13.1. The summed E-state index contributed by atoms with van der Waals surface area (Å²) in [5.41, 5.74) is 8.30. The van der Waals surface area contributed by atoms with Crippen LogP contribution in [0.5, 0.6) is 5.75 Å². The molecule has 0 bridgehead atoms. The maximum Gasteiger partial charge on any atom is 0.212 e. The highest BCUT2D eigenvalue weighted by atomic mass is 79.9. The van der Waals surface area contributed by atoms with E-state index in [1.165, 1.54) is 0 Å². The molecule has 0 saturated carbocycles. The molecule has 0 radical (unpaired) electrons. The lowest BCUT2D eigenvalue weighted by molar-refractivity contribution is 0.455. The third-order valence-electron chi connectivity index (χ3n) is 3.61. The number of halogens is 1. The van der Waals surface area contributed by atoms with E-state index in [9.17, 15) is 5.11 Å². The van der Waals surface area contributed by atoms with E-state index in [1.54, 1.807) is 12.1 Å². The van der Waals surface area contributed by atoms with Gasteiger partial charge in [-0.25, -0.2) is 9.98 Å². The molecule has 2 heterocycles. The Kier molecular flexibility index (Phi) is 2.83. The van der Waals surface area contributed by atoms with Crippen LogP contribution in [-0.2, 0) is 0 Å². The summed E-state index contributed by atoms with van der Waals surface area (Å²) in [5, 5.41) is 13.2. The number of aliphatic imine (C=N–C) groups is 1. The van der Waals surface area contributed by atoms with Gasteiger partial charge in [0.25, 0.3) is 0 Å². The van der Waals surface area contributed by atoms with Crippen molar-refractivity contribution in [2.75, 3.05) is 5.32 Å². The highest BCUT2D eigenvalue weighted by Gasteiger charge is 2.26. The van der Waals surface area contributed by atoms with Crippen LogP contribution in [0.3, 0.4) is 0 Å². The molecule has 0 fully saturated rings. The second-order valence-corrected chi connectivity index (χ2v) is 5.93. The van der Waals surface area contributed by atoms with Crippen LogP contribution >= 0.6 is 15.9 Å². The number of imidazole rings is 1. The van der Waals surface area contributed by atoms with Crippen molar-refractivity contribution in [2.45, 2.75) is 6.17 Å². The molecule has 1 aliphatic rings. The number of anilines is 1. The molecule has 0 spiro atoms. The molecule has 6 nitrogen and oxygen atoms in total. The van der Waals surface area contributed by atoms with Gasteiger partial charge in [0, 0.05) is 10.0 Å². The van der Waals surface area contributed by atoms with Crippen molar-refractivity contribution in [3.05, 3.63) is 52.5 Å². The number of phenolic OH excluding ortho intramolecular Hbond substituents is 1. The van der Waals surface area contributed by atoms with Crippen molar-refractivity contribution in [1.82, 2.24) is 9.55 Å². The zero-order valence-corrected chi connectivity index (χ0v) is 12.9. The molecule has 110 valence electrons. The minimum atomic E-state index is -0.471. The van der Waals surface area contributed by atoms with Crippen molar-refractivity contribution in [1.29, 1.82) is 0 Å². The zero-order valence-electron chi connectivity index (χ0n) is 11.4. The van der Waals surface area contributed by atoms with Crippen LogP contribution in [0.1, 0.15) is 11.7 Å². The van der Waals surface area contributed by atoms with Crippen LogP contribution in [0.2, 0.25) is 0 Å². The van der Waals surface area contributed by atoms with Gasteiger partial charge in [-0.3, -0.25) is 9.88 Å². The molecule has 0 aliphatic carbocycles. The van der Waals surface area contributed by atoms with Crippen molar-refractivity contribution < 1.29 is 5.11 Å². The van der Waals surface area contributed by atoms with Gasteiger partial charge in [-0.2, -0.15) is 0 Å². The fourth-order valence-electron chi connectivity index (χ4n) is 2.66. The van der Waals surface area contributed by atoms with Crippen molar-refractivity contribution in [2.24, 2.45) is 10.7 Å². The Morgan fingerprint density at radius 3 is 2.91 bits per heavy atom. The standard InChI is InChI=1S/C15H12BrN5O/c16-8-5-6-12(22)9(7-8)13-19-14(17)20-15-18-10-3-1-2-4-11(10)21(13)15/h1-7,13,22H,(H3,17,18,19,20)/t13-/m0/s1. The van der Waals surface area contributed by atoms with Crippen molar-refractivity contribution in [3.8, 4) is 5.75 Å². The number of fused-ring (bicyclic) bond motifs is 3. The van der Waals surface area contributed by atoms with Gasteiger partial charge in [0.1, 0.15) is 5.75 Å². The van der Waals surface area contributed by atoms with Crippen LogP contribution < -0.4 is 11.1 Å². The highest BCUT2D eigenvalue weighted by molar-refractivity contribution is 9.10. The van der Waals surface area contributed by atoms with Gasteiger partial charge < -0.3 is 10.8 Å². The lowest BCUT2D eigenvalue weighted by atomic mass is 10.1. The predicted molar refractivity (Wildman–Crippen MR) is 88.9 cm³/mol. The molecule has 1 aliphatic heterocycles. The van der Waals surface area contributed by atoms with Crippen LogP contribution in [0.25, 0.3) is 11.0 Å². The van der Waals surface area contributed by atoms with Crippen LogP contribution in [0, 0.1) is 0 Å². The fraction of sp³-hybridized carbons (Fsp3) is 0.0667. The first-order chi connectivity index (χ1) is 10.6. The quantitative estimate of drug-likeness (QED) is 0.624. The Morgan fingerprint density at radius 2 is 2.05 bits per heavy atom. The third-order valence-corrected chi connectivity index (χ3v) is 4.10. The first-order valence-electron chi connectivity index (χ1n) is 6.69. The van der Waals surface area contributed by atoms with Crippen LogP contribution in [0.4, 0.5) is 5.95 Å².